The van der Waals surface area contributed by atoms with E-state index >= 15 is 0 Å². The highest BCUT2D eigenvalue weighted by Gasteiger charge is 2.39. The minimum atomic E-state index is -0.0873. The fraction of sp³-hybridized carbons (Fsp3) is 0.435. The average molecular weight is 440 g/mol. The van der Waals surface area contributed by atoms with Crippen LogP contribution in [0.1, 0.15) is 37.2 Å². The van der Waals surface area contributed by atoms with Gasteiger partial charge in [-0.15, -0.1) is 0 Å². The van der Waals surface area contributed by atoms with Crippen LogP contribution in [0.15, 0.2) is 34.9 Å². The summed E-state index contributed by atoms with van der Waals surface area (Å²) in [6, 6.07) is 7.08. The van der Waals surface area contributed by atoms with Gasteiger partial charge in [-0.1, -0.05) is 13.8 Å². The van der Waals surface area contributed by atoms with Crippen molar-refractivity contribution in [1.82, 2.24) is 14.9 Å². The Kier molecular flexibility index (Phi) is 6.07. The lowest BCUT2D eigenvalue weighted by molar-refractivity contribution is 0.0558. The highest BCUT2D eigenvalue weighted by atomic mass is 16.5. The van der Waals surface area contributed by atoms with Gasteiger partial charge in [0.15, 0.2) is 17.3 Å². The van der Waals surface area contributed by atoms with Crippen molar-refractivity contribution in [2.75, 3.05) is 37.9 Å². The van der Waals surface area contributed by atoms with Crippen LogP contribution in [0.2, 0.25) is 0 Å². The molecule has 0 aliphatic carbocycles. The number of aromatic nitrogens is 2. The third-order valence-corrected chi connectivity index (χ3v) is 6.13. The molecule has 0 radical (unpaired) electrons. The molecule has 170 valence electrons. The summed E-state index contributed by atoms with van der Waals surface area (Å²) in [6.07, 6.45) is 3.15. The lowest BCUT2D eigenvalue weighted by atomic mass is 9.96. The topological polar surface area (TPSA) is 107 Å². The Bertz CT molecular complexity index is 1100. The zero-order valence-corrected chi connectivity index (χ0v) is 18.9. The van der Waals surface area contributed by atoms with Crippen molar-refractivity contribution in [2.24, 2.45) is 0 Å². The number of carbonyl (C=O) groups excluding carboxylic acids is 1. The molecule has 9 heteroatoms. The first kappa shape index (κ1) is 21.7. The summed E-state index contributed by atoms with van der Waals surface area (Å²) >= 11 is 0. The molecule has 2 N–H and O–H groups in total. The van der Waals surface area contributed by atoms with Crippen LogP contribution in [0.5, 0.6) is 11.5 Å². The first-order chi connectivity index (χ1) is 15.5. The van der Waals surface area contributed by atoms with Crippen molar-refractivity contribution >= 4 is 28.6 Å². The number of ether oxygens (including phenoxy) is 2. The van der Waals surface area contributed by atoms with E-state index in [1.54, 1.807) is 32.4 Å². The summed E-state index contributed by atoms with van der Waals surface area (Å²) in [5.41, 5.74) is 7.00. The molecule has 1 aliphatic heterocycles. The minimum absolute atomic E-state index is 0.00252. The molecule has 1 amide bonds. The Morgan fingerprint density at radius 1 is 1.12 bits per heavy atom. The maximum absolute atomic E-state index is 13.0. The van der Waals surface area contributed by atoms with Gasteiger partial charge in [0.2, 0.25) is 5.95 Å². The third kappa shape index (κ3) is 3.68. The Morgan fingerprint density at radius 2 is 1.84 bits per heavy atom. The van der Waals surface area contributed by atoms with Gasteiger partial charge in [0.1, 0.15) is 5.82 Å². The van der Waals surface area contributed by atoms with Gasteiger partial charge in [-0.2, -0.15) is 4.98 Å². The number of carbonyl (C=O) groups is 1. The Hall–Kier alpha value is -3.49. The molecule has 9 nitrogen and oxygen atoms in total. The average Bonchev–Trinajstić information content (AvgIpc) is 3.36. The van der Waals surface area contributed by atoms with Gasteiger partial charge in [-0.3, -0.25) is 4.79 Å². The lowest BCUT2D eigenvalue weighted by Gasteiger charge is -2.47. The van der Waals surface area contributed by atoms with E-state index in [4.69, 9.17) is 24.6 Å². The van der Waals surface area contributed by atoms with E-state index in [0.29, 0.717) is 53.0 Å². The van der Waals surface area contributed by atoms with E-state index in [1.807, 2.05) is 11.0 Å². The molecule has 0 bridgehead atoms. The van der Waals surface area contributed by atoms with Crippen LogP contribution >= 0.6 is 0 Å². The predicted octanol–water partition coefficient (Wildman–Crippen LogP) is 3.34. The Morgan fingerprint density at radius 3 is 2.47 bits per heavy atom. The number of nitrogen functional groups attached to an aromatic ring is 1. The smallest absolute Gasteiger partial charge is 0.289 e. The van der Waals surface area contributed by atoms with Crippen LogP contribution in [0.3, 0.4) is 0 Å². The molecular weight excluding hydrogens is 410 g/mol. The van der Waals surface area contributed by atoms with E-state index in [-0.39, 0.29) is 18.0 Å². The Labute approximate surface area is 187 Å². The predicted molar refractivity (Wildman–Crippen MR) is 122 cm³/mol. The molecule has 1 saturated heterocycles. The number of furan rings is 1. The van der Waals surface area contributed by atoms with Gasteiger partial charge in [0, 0.05) is 24.5 Å². The molecular formula is C23H29N5O4. The maximum Gasteiger partial charge on any atom is 0.289 e. The number of hydrogen-bond acceptors (Lipinski definition) is 8. The van der Waals surface area contributed by atoms with Crippen molar-refractivity contribution in [1.29, 1.82) is 0 Å². The zero-order chi connectivity index (χ0) is 22.8. The van der Waals surface area contributed by atoms with Gasteiger partial charge < -0.3 is 29.4 Å². The molecule has 32 heavy (non-hydrogen) atoms. The summed E-state index contributed by atoms with van der Waals surface area (Å²) in [5, 5.41) is 0.707. The quantitative estimate of drug-likeness (QED) is 0.623. The molecule has 1 aliphatic rings. The van der Waals surface area contributed by atoms with E-state index < -0.39 is 0 Å². The number of nitrogens with zero attached hydrogens (tertiary/aromatic N) is 4. The van der Waals surface area contributed by atoms with E-state index in [0.717, 1.165) is 12.8 Å². The van der Waals surface area contributed by atoms with E-state index in [9.17, 15) is 4.79 Å². The number of rotatable bonds is 6. The summed E-state index contributed by atoms with van der Waals surface area (Å²) in [4.78, 5) is 26.5. The molecule has 3 aromatic rings. The second-order valence-electron chi connectivity index (χ2n) is 7.75. The number of hydrogen-bond donors (Lipinski definition) is 1. The molecule has 0 saturated carbocycles. The molecule has 1 aromatic carbocycles. The highest BCUT2D eigenvalue weighted by Crippen LogP contribution is 2.35. The molecule has 1 fully saturated rings. The second kappa shape index (κ2) is 8.94. The molecule has 3 heterocycles. The highest BCUT2D eigenvalue weighted by molar-refractivity contribution is 5.93. The molecule has 2 aromatic heterocycles. The summed E-state index contributed by atoms with van der Waals surface area (Å²) < 4.78 is 16.2. The molecule has 2 atom stereocenters. The van der Waals surface area contributed by atoms with Crippen molar-refractivity contribution in [3.8, 4) is 11.5 Å². The van der Waals surface area contributed by atoms with Gasteiger partial charge in [0.05, 0.1) is 38.1 Å². The molecule has 0 unspecified atom stereocenters. The van der Waals surface area contributed by atoms with Crippen LogP contribution in [0.4, 0.5) is 11.8 Å². The SMILES string of the molecule is CC[C@@H]1[C@@H](CC)N(c2nc(N)c3cc(OC)c(OC)cc3n2)CCN1C(=O)c1ccco1. The second-order valence-corrected chi connectivity index (χ2v) is 7.75. The van der Waals surface area contributed by atoms with Gasteiger partial charge in [0.25, 0.3) is 5.91 Å². The fourth-order valence-electron chi connectivity index (χ4n) is 4.58. The van der Waals surface area contributed by atoms with Crippen molar-refractivity contribution in [3.05, 3.63) is 36.3 Å². The minimum Gasteiger partial charge on any atom is -0.493 e. The van der Waals surface area contributed by atoms with Crippen molar-refractivity contribution < 1.29 is 18.7 Å². The van der Waals surface area contributed by atoms with Crippen LogP contribution in [-0.4, -0.2) is 60.2 Å². The van der Waals surface area contributed by atoms with Crippen LogP contribution in [0.25, 0.3) is 10.9 Å². The fourth-order valence-corrected chi connectivity index (χ4v) is 4.58. The largest absolute Gasteiger partial charge is 0.493 e. The van der Waals surface area contributed by atoms with E-state index in [2.05, 4.69) is 23.7 Å². The van der Waals surface area contributed by atoms with Crippen LogP contribution < -0.4 is 20.1 Å². The van der Waals surface area contributed by atoms with Crippen LogP contribution in [0, 0.1) is 0 Å². The van der Waals surface area contributed by atoms with Crippen LogP contribution in [-0.2, 0) is 0 Å². The number of benzene rings is 1. The summed E-state index contributed by atoms with van der Waals surface area (Å²) in [7, 11) is 3.17. The normalized spacial score (nSPS) is 18.8. The van der Waals surface area contributed by atoms with Crippen molar-refractivity contribution in [2.45, 2.75) is 38.8 Å². The third-order valence-electron chi connectivity index (χ3n) is 6.13. The van der Waals surface area contributed by atoms with Crippen molar-refractivity contribution in [3.63, 3.8) is 0 Å². The zero-order valence-electron chi connectivity index (χ0n) is 18.9. The number of nitrogens with two attached hydrogens (primary N) is 1. The van der Waals surface area contributed by atoms with Gasteiger partial charge in [-0.05, 0) is 31.0 Å². The Balaban J connectivity index is 1.70. The number of amides is 1. The maximum atomic E-state index is 13.0. The number of fused-ring (bicyclic) bond motifs is 1. The number of methoxy groups -OCH3 is 2. The van der Waals surface area contributed by atoms with E-state index in [1.165, 1.54) is 6.26 Å². The molecule has 0 spiro atoms. The van der Waals surface area contributed by atoms with Gasteiger partial charge >= 0.3 is 0 Å². The molecule has 4 rings (SSSR count). The number of anilines is 2. The standard InChI is InChI=1S/C23H29N5O4/c1-5-16-17(6-2)28(10-9-27(16)22(29)18-8-7-11-32-18)23-25-15-13-20(31-4)19(30-3)12-14(15)21(24)26-23/h7-8,11-13,16-17H,5-6,9-10H2,1-4H3,(H2,24,25,26)/t16-,17-/m1/s1. The first-order valence-corrected chi connectivity index (χ1v) is 10.8. The summed E-state index contributed by atoms with van der Waals surface area (Å²) in [5.74, 6) is 2.36. The number of piperazine rings is 1. The first-order valence-electron chi connectivity index (χ1n) is 10.8. The summed E-state index contributed by atoms with van der Waals surface area (Å²) in [6.45, 7) is 5.34. The lowest BCUT2D eigenvalue weighted by Crippen LogP contribution is -2.61. The monoisotopic (exact) mass is 439 g/mol. The van der Waals surface area contributed by atoms with Gasteiger partial charge in [-0.25, -0.2) is 4.98 Å².